The van der Waals surface area contributed by atoms with Crippen LogP contribution in [-0.2, 0) is 14.4 Å². The van der Waals surface area contributed by atoms with Crippen molar-refractivity contribution in [1.29, 1.82) is 0 Å². The maximum atomic E-state index is 12.8. The Kier molecular flexibility index (Phi) is 11.7. The SMILES string of the molecule is C=C(C)C(=O)Oc1cc(-c2ccc(C3CCC(C)CC3)cc2C)cc(-c2ccc(OC(=O)C(C)=O)c(OCCO)c2)c1OCCO. The first-order valence-electron chi connectivity index (χ1n) is 15.5. The zero-order valence-corrected chi connectivity index (χ0v) is 26.9. The molecule has 0 bridgehead atoms. The van der Waals surface area contributed by atoms with Crippen molar-refractivity contribution in [2.24, 2.45) is 5.92 Å². The number of rotatable bonds is 13. The molecule has 0 aromatic heterocycles. The lowest BCUT2D eigenvalue weighted by molar-refractivity contribution is -0.146. The number of aryl methyl sites for hydroxylation is 1. The highest BCUT2D eigenvalue weighted by Crippen LogP contribution is 2.46. The van der Waals surface area contributed by atoms with E-state index in [9.17, 15) is 24.6 Å². The van der Waals surface area contributed by atoms with Crippen LogP contribution in [0.2, 0.25) is 0 Å². The lowest BCUT2D eigenvalue weighted by Gasteiger charge is -2.27. The van der Waals surface area contributed by atoms with Gasteiger partial charge in [0.25, 0.3) is 0 Å². The molecule has 0 heterocycles. The average molecular weight is 631 g/mol. The second-order valence-corrected chi connectivity index (χ2v) is 11.8. The van der Waals surface area contributed by atoms with E-state index >= 15 is 0 Å². The molecule has 0 radical (unpaired) electrons. The van der Waals surface area contributed by atoms with Crippen molar-refractivity contribution in [2.45, 2.75) is 59.3 Å². The number of ether oxygens (including phenoxy) is 4. The van der Waals surface area contributed by atoms with Crippen LogP contribution in [0.5, 0.6) is 23.0 Å². The Morgan fingerprint density at radius 3 is 2.04 bits per heavy atom. The van der Waals surface area contributed by atoms with Crippen LogP contribution in [0.3, 0.4) is 0 Å². The number of Topliss-reactive ketones (excluding diaryl/α,β-unsaturated/α-hetero) is 1. The van der Waals surface area contributed by atoms with Gasteiger partial charge < -0.3 is 29.2 Å². The summed E-state index contributed by atoms with van der Waals surface area (Å²) in [5.41, 5.74) is 5.27. The van der Waals surface area contributed by atoms with Crippen molar-refractivity contribution >= 4 is 17.7 Å². The topological polar surface area (TPSA) is 129 Å². The summed E-state index contributed by atoms with van der Waals surface area (Å²) in [5.74, 6) is -0.803. The Bertz CT molecular complexity index is 1600. The third-order valence-electron chi connectivity index (χ3n) is 8.09. The fraction of sp³-hybridized carbons (Fsp3) is 0.378. The molecule has 9 heteroatoms. The molecule has 2 N–H and O–H groups in total. The highest BCUT2D eigenvalue weighted by atomic mass is 16.6. The largest absolute Gasteiger partial charge is 0.487 e. The van der Waals surface area contributed by atoms with Gasteiger partial charge in [0.15, 0.2) is 23.0 Å². The van der Waals surface area contributed by atoms with Gasteiger partial charge in [0.05, 0.1) is 13.2 Å². The first-order valence-corrected chi connectivity index (χ1v) is 15.5. The second-order valence-electron chi connectivity index (χ2n) is 11.8. The van der Waals surface area contributed by atoms with Gasteiger partial charge in [-0.25, -0.2) is 9.59 Å². The number of ketones is 1. The predicted octanol–water partition coefficient (Wildman–Crippen LogP) is 6.34. The van der Waals surface area contributed by atoms with Gasteiger partial charge in [-0.2, -0.15) is 0 Å². The molecule has 0 aliphatic heterocycles. The lowest BCUT2D eigenvalue weighted by atomic mass is 9.78. The van der Waals surface area contributed by atoms with E-state index in [1.807, 2.05) is 6.07 Å². The summed E-state index contributed by atoms with van der Waals surface area (Å²) in [6.07, 6.45) is 4.78. The molecule has 1 aliphatic rings. The highest BCUT2D eigenvalue weighted by molar-refractivity contribution is 6.33. The smallest absolute Gasteiger partial charge is 0.379 e. The monoisotopic (exact) mass is 630 g/mol. The summed E-state index contributed by atoms with van der Waals surface area (Å²) in [5, 5.41) is 19.0. The molecule has 3 aromatic carbocycles. The minimum Gasteiger partial charge on any atom is -0.487 e. The number of hydrogen-bond donors (Lipinski definition) is 2. The number of esters is 2. The van der Waals surface area contributed by atoms with Crippen molar-refractivity contribution in [3.05, 3.63) is 71.8 Å². The van der Waals surface area contributed by atoms with E-state index in [-0.39, 0.29) is 55.0 Å². The van der Waals surface area contributed by atoms with E-state index in [1.165, 1.54) is 37.3 Å². The zero-order chi connectivity index (χ0) is 33.4. The van der Waals surface area contributed by atoms with Gasteiger partial charge in [-0.1, -0.05) is 50.6 Å². The van der Waals surface area contributed by atoms with E-state index in [4.69, 9.17) is 18.9 Å². The fourth-order valence-corrected chi connectivity index (χ4v) is 5.59. The van der Waals surface area contributed by atoms with Crippen LogP contribution in [0.1, 0.15) is 63.5 Å². The van der Waals surface area contributed by atoms with Crippen molar-refractivity contribution in [2.75, 3.05) is 26.4 Å². The summed E-state index contributed by atoms with van der Waals surface area (Å²) >= 11 is 0. The van der Waals surface area contributed by atoms with Gasteiger partial charge in [0.1, 0.15) is 13.2 Å². The quantitative estimate of drug-likeness (QED) is 0.0962. The maximum Gasteiger partial charge on any atom is 0.379 e. The van der Waals surface area contributed by atoms with Crippen LogP contribution in [0.25, 0.3) is 22.3 Å². The van der Waals surface area contributed by atoms with Crippen LogP contribution in [0.4, 0.5) is 0 Å². The number of hydrogen-bond acceptors (Lipinski definition) is 9. The summed E-state index contributed by atoms with van der Waals surface area (Å²) in [6, 6.07) is 14.8. The Morgan fingerprint density at radius 1 is 0.761 bits per heavy atom. The van der Waals surface area contributed by atoms with Crippen LogP contribution < -0.4 is 18.9 Å². The van der Waals surface area contributed by atoms with Crippen LogP contribution in [0.15, 0.2) is 60.7 Å². The van der Waals surface area contributed by atoms with Crippen LogP contribution in [-0.4, -0.2) is 54.4 Å². The van der Waals surface area contributed by atoms with Crippen LogP contribution in [0, 0.1) is 12.8 Å². The number of carbonyl (C=O) groups excluding carboxylic acids is 3. The average Bonchev–Trinajstić information content (AvgIpc) is 3.03. The molecule has 0 spiro atoms. The summed E-state index contributed by atoms with van der Waals surface area (Å²) in [7, 11) is 0. The molecule has 0 saturated heterocycles. The third kappa shape index (κ3) is 8.41. The number of carbonyl (C=O) groups is 3. The van der Waals surface area contributed by atoms with Gasteiger partial charge in [-0.3, -0.25) is 4.79 Å². The van der Waals surface area contributed by atoms with Crippen LogP contribution >= 0.6 is 0 Å². The van der Waals surface area contributed by atoms with Gasteiger partial charge in [0.2, 0.25) is 5.78 Å². The Balaban J connectivity index is 1.88. The molecule has 1 saturated carbocycles. The van der Waals surface area contributed by atoms with E-state index in [2.05, 4.69) is 38.6 Å². The van der Waals surface area contributed by atoms with Crippen molar-refractivity contribution < 1.29 is 43.5 Å². The number of benzene rings is 3. The van der Waals surface area contributed by atoms with E-state index < -0.39 is 17.7 Å². The normalized spacial score (nSPS) is 16.0. The highest BCUT2D eigenvalue weighted by Gasteiger charge is 2.24. The zero-order valence-electron chi connectivity index (χ0n) is 26.9. The molecular formula is C37H42O9. The number of aliphatic hydroxyl groups excluding tert-OH is 2. The molecule has 4 rings (SSSR count). The Morgan fingerprint density at radius 2 is 1.41 bits per heavy atom. The van der Waals surface area contributed by atoms with Crippen molar-refractivity contribution in [3.63, 3.8) is 0 Å². The second kappa shape index (κ2) is 15.7. The summed E-state index contributed by atoms with van der Waals surface area (Å²) in [4.78, 5) is 36.4. The van der Waals surface area contributed by atoms with Gasteiger partial charge in [-0.05, 0) is 90.6 Å². The van der Waals surface area contributed by atoms with E-state index in [0.717, 1.165) is 29.5 Å². The molecule has 3 aromatic rings. The minimum atomic E-state index is -1.06. The molecule has 0 unspecified atom stereocenters. The number of aliphatic hydroxyl groups is 2. The minimum absolute atomic E-state index is 0.0103. The van der Waals surface area contributed by atoms with Crippen molar-refractivity contribution in [3.8, 4) is 45.3 Å². The first-order chi connectivity index (χ1) is 22.0. The molecular weight excluding hydrogens is 588 g/mol. The Hall–Kier alpha value is -4.47. The van der Waals surface area contributed by atoms with Gasteiger partial charge >= 0.3 is 11.9 Å². The third-order valence-corrected chi connectivity index (χ3v) is 8.09. The fourth-order valence-electron chi connectivity index (χ4n) is 5.59. The predicted molar refractivity (Wildman–Crippen MR) is 174 cm³/mol. The van der Waals surface area contributed by atoms with Crippen molar-refractivity contribution in [1.82, 2.24) is 0 Å². The first kappa shape index (κ1) is 34.4. The van der Waals surface area contributed by atoms with E-state index in [1.54, 1.807) is 25.1 Å². The van der Waals surface area contributed by atoms with E-state index in [0.29, 0.717) is 17.0 Å². The molecule has 1 fully saturated rings. The molecule has 244 valence electrons. The standard InChI is InChI=1S/C37H42O9/c1-22(2)36(41)46-34-21-29(30-12-10-27(18-24(30)4)26-8-6-23(3)7-9-26)19-31(35(34)44-17-15-39)28-11-13-32(45-37(42)25(5)40)33(20-28)43-16-14-38/h10-13,18-21,23,26,38-39H,1,6-9,14-17H2,2-5H3. The summed E-state index contributed by atoms with van der Waals surface area (Å²) in [6.45, 7) is 9.93. The Labute approximate surface area is 269 Å². The summed E-state index contributed by atoms with van der Waals surface area (Å²) < 4.78 is 22.6. The molecule has 46 heavy (non-hydrogen) atoms. The molecule has 0 amide bonds. The maximum absolute atomic E-state index is 12.8. The molecule has 1 aliphatic carbocycles. The molecule has 0 atom stereocenters. The molecule has 9 nitrogen and oxygen atoms in total. The van der Waals surface area contributed by atoms with Gasteiger partial charge in [-0.15, -0.1) is 0 Å². The lowest BCUT2D eigenvalue weighted by Crippen LogP contribution is -2.17. The van der Waals surface area contributed by atoms with Gasteiger partial charge in [0, 0.05) is 18.1 Å².